The molecule has 1 aromatic rings. The molecule has 7 nitrogen and oxygen atoms in total. The van der Waals surface area contributed by atoms with Crippen LogP contribution in [0.25, 0.3) is 0 Å². The van der Waals surface area contributed by atoms with Gasteiger partial charge in [-0.3, -0.25) is 0 Å². The van der Waals surface area contributed by atoms with Crippen molar-refractivity contribution < 1.29 is 9.84 Å². The third-order valence-corrected chi connectivity index (χ3v) is 2.19. The number of nitrogens with zero attached hydrogens (tertiary/aromatic N) is 3. The number of rotatable bonds is 7. The van der Waals surface area contributed by atoms with Crippen LogP contribution in [0.1, 0.15) is 19.8 Å². The molecule has 1 heterocycles. The zero-order valence-corrected chi connectivity index (χ0v) is 10.4. The van der Waals surface area contributed by atoms with Crippen LogP contribution in [0.15, 0.2) is 0 Å². The van der Waals surface area contributed by atoms with Gasteiger partial charge >= 0.3 is 6.01 Å². The van der Waals surface area contributed by atoms with E-state index in [-0.39, 0.29) is 18.7 Å². The first-order valence-corrected chi connectivity index (χ1v) is 5.54. The molecule has 0 saturated heterocycles. The number of aliphatic hydroxyl groups is 1. The molecule has 96 valence electrons. The molecule has 0 radical (unpaired) electrons. The van der Waals surface area contributed by atoms with Crippen LogP contribution < -0.4 is 15.4 Å². The Morgan fingerprint density at radius 3 is 2.59 bits per heavy atom. The molecule has 7 heteroatoms. The van der Waals surface area contributed by atoms with Gasteiger partial charge in [0.1, 0.15) is 0 Å². The number of aliphatic hydroxyl groups excluding tert-OH is 1. The van der Waals surface area contributed by atoms with Crippen molar-refractivity contribution in [2.75, 3.05) is 31.4 Å². The molecule has 1 rings (SSSR count). The van der Waals surface area contributed by atoms with Crippen molar-refractivity contribution in [3.8, 4) is 6.01 Å². The van der Waals surface area contributed by atoms with Gasteiger partial charge in [-0.1, -0.05) is 0 Å². The fraction of sp³-hybridized carbons (Fsp3) is 0.700. The molecule has 17 heavy (non-hydrogen) atoms. The molecular formula is C10H19N5O2. The Labute approximate surface area is 101 Å². The predicted octanol–water partition coefficient (Wildman–Crippen LogP) is 0.495. The molecule has 1 unspecified atom stereocenters. The summed E-state index contributed by atoms with van der Waals surface area (Å²) in [5.74, 6) is 0.917. The van der Waals surface area contributed by atoms with Crippen LogP contribution in [0, 0.1) is 0 Å². The molecule has 0 amide bonds. The predicted molar refractivity (Wildman–Crippen MR) is 65.3 cm³/mol. The maximum atomic E-state index is 8.75. The maximum Gasteiger partial charge on any atom is 0.322 e. The Bertz CT molecular complexity index is 325. The molecule has 0 aliphatic rings. The number of anilines is 2. The molecule has 0 fully saturated rings. The molecule has 0 bridgehead atoms. The minimum absolute atomic E-state index is 0.180. The average molecular weight is 241 g/mol. The van der Waals surface area contributed by atoms with E-state index in [0.29, 0.717) is 11.9 Å². The van der Waals surface area contributed by atoms with Gasteiger partial charge in [0, 0.05) is 19.7 Å². The van der Waals surface area contributed by atoms with Crippen LogP contribution in [-0.2, 0) is 0 Å². The second-order valence-electron chi connectivity index (χ2n) is 3.63. The summed E-state index contributed by atoms with van der Waals surface area (Å²) in [6.07, 6.45) is 1.59. The quantitative estimate of drug-likeness (QED) is 0.640. The van der Waals surface area contributed by atoms with Crippen LogP contribution in [0.3, 0.4) is 0 Å². The third kappa shape index (κ3) is 4.39. The third-order valence-electron chi connectivity index (χ3n) is 2.19. The first kappa shape index (κ1) is 13.4. The fourth-order valence-corrected chi connectivity index (χ4v) is 1.31. The first-order chi connectivity index (χ1) is 8.19. The Morgan fingerprint density at radius 1 is 1.29 bits per heavy atom. The Kier molecular flexibility index (Phi) is 5.41. The highest BCUT2D eigenvalue weighted by atomic mass is 16.5. The van der Waals surface area contributed by atoms with Crippen molar-refractivity contribution in [2.45, 2.75) is 25.8 Å². The normalized spacial score (nSPS) is 12.0. The summed E-state index contributed by atoms with van der Waals surface area (Å²) in [6.45, 7) is 2.19. The molecular weight excluding hydrogens is 222 g/mol. The summed E-state index contributed by atoms with van der Waals surface area (Å²) < 4.78 is 4.98. The number of aromatic nitrogens is 3. The molecule has 0 spiro atoms. The Balaban J connectivity index is 2.68. The number of methoxy groups -OCH3 is 1. The summed E-state index contributed by atoms with van der Waals surface area (Å²) in [5.41, 5.74) is 0. The van der Waals surface area contributed by atoms with Crippen LogP contribution in [0.5, 0.6) is 6.01 Å². The van der Waals surface area contributed by atoms with E-state index in [1.165, 1.54) is 7.11 Å². The molecule has 0 saturated carbocycles. The van der Waals surface area contributed by atoms with E-state index in [2.05, 4.69) is 25.6 Å². The van der Waals surface area contributed by atoms with Crippen molar-refractivity contribution in [1.82, 2.24) is 15.0 Å². The number of nitrogens with one attached hydrogen (secondary N) is 2. The lowest BCUT2D eigenvalue weighted by atomic mass is 10.2. The molecule has 1 atom stereocenters. The number of hydrogen-bond donors (Lipinski definition) is 3. The number of hydrogen-bond acceptors (Lipinski definition) is 7. The summed E-state index contributed by atoms with van der Waals surface area (Å²) in [4.78, 5) is 12.3. The van der Waals surface area contributed by atoms with E-state index in [1.54, 1.807) is 7.05 Å². The van der Waals surface area contributed by atoms with Gasteiger partial charge in [0.25, 0.3) is 0 Å². The van der Waals surface area contributed by atoms with E-state index >= 15 is 0 Å². The minimum Gasteiger partial charge on any atom is -0.467 e. The monoisotopic (exact) mass is 241 g/mol. The average Bonchev–Trinajstić information content (AvgIpc) is 2.35. The van der Waals surface area contributed by atoms with Gasteiger partial charge in [-0.25, -0.2) is 0 Å². The summed E-state index contributed by atoms with van der Waals surface area (Å²) in [7, 11) is 3.24. The zero-order valence-electron chi connectivity index (χ0n) is 10.4. The van der Waals surface area contributed by atoms with E-state index in [9.17, 15) is 0 Å². The highest BCUT2D eigenvalue weighted by Gasteiger charge is 2.08. The largest absolute Gasteiger partial charge is 0.467 e. The zero-order chi connectivity index (χ0) is 12.7. The summed E-state index contributed by atoms with van der Waals surface area (Å²) in [6, 6.07) is 0.445. The van der Waals surface area contributed by atoms with Gasteiger partial charge in [0.2, 0.25) is 11.9 Å². The van der Waals surface area contributed by atoms with Crippen molar-refractivity contribution in [3.63, 3.8) is 0 Å². The topological polar surface area (TPSA) is 92.2 Å². The second-order valence-corrected chi connectivity index (χ2v) is 3.63. The van der Waals surface area contributed by atoms with E-state index in [1.807, 2.05) is 6.92 Å². The molecule has 0 aromatic carbocycles. The Hall–Kier alpha value is -1.63. The fourth-order valence-electron chi connectivity index (χ4n) is 1.31. The lowest BCUT2D eigenvalue weighted by Gasteiger charge is -2.13. The lowest BCUT2D eigenvalue weighted by molar-refractivity contribution is 0.282. The standard InChI is InChI=1S/C10H19N5O2/c1-7(5-4-6-16)12-9-13-8(11-2)14-10(15-9)17-3/h7,16H,4-6H2,1-3H3,(H2,11,12,13,14,15). The van der Waals surface area contributed by atoms with E-state index < -0.39 is 0 Å². The van der Waals surface area contributed by atoms with E-state index in [4.69, 9.17) is 9.84 Å². The van der Waals surface area contributed by atoms with Gasteiger partial charge in [-0.05, 0) is 19.8 Å². The highest BCUT2D eigenvalue weighted by Crippen LogP contribution is 2.12. The summed E-state index contributed by atoms with van der Waals surface area (Å²) in [5, 5.41) is 14.7. The molecule has 1 aromatic heterocycles. The smallest absolute Gasteiger partial charge is 0.322 e. The van der Waals surface area contributed by atoms with Gasteiger partial charge < -0.3 is 20.5 Å². The van der Waals surface area contributed by atoms with Crippen LogP contribution in [-0.4, -0.2) is 46.9 Å². The van der Waals surface area contributed by atoms with Gasteiger partial charge in [0.15, 0.2) is 0 Å². The van der Waals surface area contributed by atoms with Crippen molar-refractivity contribution in [2.24, 2.45) is 0 Å². The van der Waals surface area contributed by atoms with Crippen molar-refractivity contribution in [1.29, 1.82) is 0 Å². The van der Waals surface area contributed by atoms with Crippen molar-refractivity contribution in [3.05, 3.63) is 0 Å². The molecule has 0 aliphatic heterocycles. The van der Waals surface area contributed by atoms with Crippen LogP contribution in [0.4, 0.5) is 11.9 Å². The van der Waals surface area contributed by atoms with Gasteiger partial charge in [-0.2, -0.15) is 15.0 Å². The summed E-state index contributed by atoms with van der Waals surface area (Å²) >= 11 is 0. The lowest BCUT2D eigenvalue weighted by Crippen LogP contribution is -2.18. The van der Waals surface area contributed by atoms with Gasteiger partial charge in [-0.15, -0.1) is 0 Å². The maximum absolute atomic E-state index is 8.75. The van der Waals surface area contributed by atoms with Crippen LogP contribution >= 0.6 is 0 Å². The van der Waals surface area contributed by atoms with Gasteiger partial charge in [0.05, 0.1) is 7.11 Å². The van der Waals surface area contributed by atoms with Crippen LogP contribution in [0.2, 0.25) is 0 Å². The number of ether oxygens (including phenoxy) is 1. The van der Waals surface area contributed by atoms with E-state index in [0.717, 1.165) is 12.8 Å². The SMILES string of the molecule is CNc1nc(NC(C)CCCO)nc(OC)n1. The second kappa shape index (κ2) is 6.85. The van der Waals surface area contributed by atoms with Crippen molar-refractivity contribution >= 4 is 11.9 Å². The minimum atomic E-state index is 0.180. The first-order valence-electron chi connectivity index (χ1n) is 5.54. The molecule has 3 N–H and O–H groups in total. The Morgan fingerprint density at radius 2 is 2.00 bits per heavy atom. The highest BCUT2D eigenvalue weighted by molar-refractivity contribution is 5.35. The molecule has 0 aliphatic carbocycles.